The molecular formula is C17H28NO5P. The second-order valence-corrected chi connectivity index (χ2v) is 11.7. The number of amides is 2. The van der Waals surface area contributed by atoms with Gasteiger partial charge in [0.2, 0.25) is 5.91 Å². The second kappa shape index (κ2) is 7.52. The molecule has 0 bridgehead atoms. The van der Waals surface area contributed by atoms with E-state index in [0.29, 0.717) is 18.4 Å². The van der Waals surface area contributed by atoms with Gasteiger partial charge in [-0.1, -0.05) is 19.4 Å². The summed E-state index contributed by atoms with van der Waals surface area (Å²) in [5.41, 5.74) is 0.528. The molecule has 24 heavy (non-hydrogen) atoms. The fourth-order valence-corrected chi connectivity index (χ4v) is 4.10. The number of hydrogen-bond acceptors (Lipinski definition) is 5. The molecule has 5 atom stereocenters. The van der Waals surface area contributed by atoms with Crippen LogP contribution < -0.4 is 5.32 Å². The van der Waals surface area contributed by atoms with E-state index in [1.54, 1.807) is 6.08 Å². The third-order valence-corrected chi connectivity index (χ3v) is 5.97. The molecule has 0 saturated carbocycles. The normalized spacial score (nSPS) is 34.2. The molecule has 6 nitrogen and oxygen atoms in total. The Kier molecular flexibility index (Phi) is 6.08. The second-order valence-electron chi connectivity index (χ2n) is 7.35. The molecule has 2 rings (SSSR count). The molecule has 2 heterocycles. The van der Waals surface area contributed by atoms with Gasteiger partial charge in [0.1, 0.15) is 18.3 Å². The first-order valence-corrected chi connectivity index (χ1v) is 11.4. The average Bonchev–Trinajstić information content (AvgIpc) is 2.75. The Hall–Kier alpha value is -0.940. The highest BCUT2D eigenvalue weighted by atomic mass is 31.2. The molecule has 0 aliphatic carbocycles. The fourth-order valence-electron chi connectivity index (χ4n) is 3.14. The van der Waals surface area contributed by atoms with Crippen molar-refractivity contribution in [1.29, 1.82) is 0 Å². The summed E-state index contributed by atoms with van der Waals surface area (Å²) in [6, 6.07) is 0. The molecular weight excluding hydrogens is 329 g/mol. The summed E-state index contributed by atoms with van der Waals surface area (Å²) in [4.78, 5) is 24.0. The summed E-state index contributed by atoms with van der Waals surface area (Å²) in [5, 5.41) is 22.9. The summed E-state index contributed by atoms with van der Waals surface area (Å²) in [7, 11) is 0. The highest BCUT2D eigenvalue weighted by molar-refractivity contribution is 7.72. The molecule has 0 aromatic carbocycles. The van der Waals surface area contributed by atoms with Crippen molar-refractivity contribution in [3.8, 4) is 0 Å². The molecule has 0 radical (unpaired) electrons. The zero-order chi connectivity index (χ0) is 18.1. The van der Waals surface area contributed by atoms with Crippen LogP contribution in [0, 0.1) is 5.92 Å². The van der Waals surface area contributed by atoms with Gasteiger partial charge >= 0.3 is 0 Å². The van der Waals surface area contributed by atoms with Gasteiger partial charge in [0.15, 0.2) is 0 Å². The minimum atomic E-state index is -1.26. The first-order valence-electron chi connectivity index (χ1n) is 8.39. The number of hydrogen-bond donors (Lipinski definition) is 3. The Balaban J connectivity index is 2.14. The number of rotatable bonds is 6. The molecule has 3 N–H and O–H groups in total. The van der Waals surface area contributed by atoms with Crippen LogP contribution in [0.25, 0.3) is 0 Å². The van der Waals surface area contributed by atoms with E-state index in [0.717, 1.165) is 12.6 Å². The van der Waals surface area contributed by atoms with Crippen LogP contribution in [-0.2, 0) is 14.3 Å². The predicted octanol–water partition coefficient (Wildman–Crippen LogP) is 0.574. The quantitative estimate of drug-likeness (QED) is 0.477. The predicted molar refractivity (Wildman–Crippen MR) is 95.7 cm³/mol. The molecule has 2 aliphatic rings. The van der Waals surface area contributed by atoms with E-state index in [-0.39, 0.29) is 5.91 Å². The van der Waals surface area contributed by atoms with Gasteiger partial charge in [-0.2, -0.15) is 0 Å². The SMILES string of the molecule is C=P(C)(C)CC[C@H]1O[C@@H](C2C=C(CCC)C(=O)NC2=O)[C@H](O)[C@@H]1O. The first kappa shape index (κ1) is 19.4. The highest BCUT2D eigenvalue weighted by Crippen LogP contribution is 2.39. The van der Waals surface area contributed by atoms with E-state index in [2.05, 4.69) is 24.9 Å². The smallest absolute Gasteiger partial charge is 0.253 e. The van der Waals surface area contributed by atoms with E-state index in [1.165, 1.54) is 0 Å². The van der Waals surface area contributed by atoms with E-state index in [9.17, 15) is 19.8 Å². The number of imide groups is 1. The third-order valence-electron chi connectivity index (χ3n) is 4.50. The Morgan fingerprint density at radius 3 is 2.54 bits per heavy atom. The maximum Gasteiger partial charge on any atom is 0.253 e. The fraction of sp³-hybridized carbons (Fsp3) is 0.706. The van der Waals surface area contributed by atoms with Crippen molar-refractivity contribution in [2.75, 3.05) is 19.5 Å². The van der Waals surface area contributed by atoms with Crippen molar-refractivity contribution in [2.45, 2.75) is 50.6 Å². The topological polar surface area (TPSA) is 95.9 Å². The third kappa shape index (κ3) is 4.37. The Morgan fingerprint density at radius 2 is 1.96 bits per heavy atom. The van der Waals surface area contributed by atoms with Gasteiger partial charge in [-0.05, 0) is 32.3 Å². The van der Waals surface area contributed by atoms with Crippen molar-refractivity contribution >= 4 is 25.0 Å². The molecule has 1 saturated heterocycles. The largest absolute Gasteiger partial charge is 0.388 e. The van der Waals surface area contributed by atoms with Crippen molar-refractivity contribution in [1.82, 2.24) is 5.32 Å². The lowest BCUT2D eigenvalue weighted by Crippen LogP contribution is -2.48. The summed E-state index contributed by atoms with van der Waals surface area (Å²) < 4.78 is 5.83. The zero-order valence-electron chi connectivity index (χ0n) is 14.6. The van der Waals surface area contributed by atoms with Crippen LogP contribution in [0.2, 0.25) is 0 Å². The van der Waals surface area contributed by atoms with Crippen LogP contribution in [-0.4, -0.2) is 72.2 Å². The number of aliphatic hydroxyl groups excluding tert-OH is 2. The van der Waals surface area contributed by atoms with Crippen molar-refractivity contribution in [2.24, 2.45) is 5.92 Å². The lowest BCUT2D eigenvalue weighted by Gasteiger charge is -2.26. The maximum absolute atomic E-state index is 12.2. The summed E-state index contributed by atoms with van der Waals surface area (Å²) >= 11 is 0. The lowest BCUT2D eigenvalue weighted by atomic mass is 9.89. The molecule has 2 amide bonds. The Morgan fingerprint density at radius 1 is 1.29 bits per heavy atom. The number of carbonyl (C=O) groups excluding carboxylic acids is 2. The summed E-state index contributed by atoms with van der Waals surface area (Å²) in [6.45, 7) is 4.88. The number of ether oxygens (including phenoxy) is 1. The molecule has 136 valence electrons. The van der Waals surface area contributed by atoms with Crippen molar-refractivity contribution < 1.29 is 24.5 Å². The van der Waals surface area contributed by atoms with E-state index >= 15 is 0 Å². The molecule has 1 unspecified atom stereocenters. The van der Waals surface area contributed by atoms with Crippen LogP contribution in [0.3, 0.4) is 0 Å². The molecule has 0 aromatic heterocycles. The van der Waals surface area contributed by atoms with Gasteiger partial charge in [0.25, 0.3) is 5.91 Å². The van der Waals surface area contributed by atoms with Crippen LogP contribution in [0.1, 0.15) is 26.2 Å². The number of nitrogens with one attached hydrogen (secondary N) is 1. The van der Waals surface area contributed by atoms with Gasteiger partial charge in [-0.3, -0.25) is 14.9 Å². The van der Waals surface area contributed by atoms with E-state index in [1.807, 2.05) is 6.92 Å². The monoisotopic (exact) mass is 357 g/mol. The van der Waals surface area contributed by atoms with Crippen LogP contribution in [0.5, 0.6) is 0 Å². The maximum atomic E-state index is 12.2. The van der Waals surface area contributed by atoms with Gasteiger partial charge in [0.05, 0.1) is 12.0 Å². The van der Waals surface area contributed by atoms with Crippen molar-refractivity contribution in [3.05, 3.63) is 11.6 Å². The number of carbonyl (C=O) groups is 2. The minimum Gasteiger partial charge on any atom is -0.388 e. The zero-order valence-corrected chi connectivity index (χ0v) is 15.5. The van der Waals surface area contributed by atoms with Gasteiger partial charge < -0.3 is 14.9 Å². The first-order chi connectivity index (χ1) is 11.1. The standard InChI is InChI=1S/C17H28NO5P/c1-5-6-10-9-11(17(22)18-16(10)21)15-14(20)13(19)12(23-15)7-8-24(2,3)4/h9,11-15,19-20H,2,5-8H2,1,3-4H3,(H,18,21,22)/t11?,12-,13-,14-,15+/m1/s1. The molecule has 7 heteroatoms. The van der Waals surface area contributed by atoms with Gasteiger partial charge in [-0.15, -0.1) is 13.2 Å². The highest BCUT2D eigenvalue weighted by Gasteiger charge is 2.48. The van der Waals surface area contributed by atoms with Crippen LogP contribution in [0.4, 0.5) is 0 Å². The Bertz CT molecular complexity index is 582. The van der Waals surface area contributed by atoms with Gasteiger partial charge in [-0.25, -0.2) is 0 Å². The van der Waals surface area contributed by atoms with E-state index in [4.69, 9.17) is 4.74 Å². The molecule has 1 fully saturated rings. The summed E-state index contributed by atoms with van der Waals surface area (Å²) in [5.74, 6) is -1.63. The van der Waals surface area contributed by atoms with Gasteiger partial charge in [0, 0.05) is 5.57 Å². The number of aliphatic hydroxyl groups is 2. The minimum absolute atomic E-state index is 0.383. The average molecular weight is 357 g/mol. The summed E-state index contributed by atoms with van der Waals surface area (Å²) in [6.07, 6.45) is 4.96. The molecule has 2 aliphatic heterocycles. The lowest BCUT2D eigenvalue weighted by molar-refractivity contribution is -0.136. The van der Waals surface area contributed by atoms with E-state index < -0.39 is 43.1 Å². The van der Waals surface area contributed by atoms with Crippen LogP contribution >= 0.6 is 6.89 Å². The van der Waals surface area contributed by atoms with Crippen molar-refractivity contribution in [3.63, 3.8) is 0 Å². The Labute approximate surface area is 143 Å². The van der Waals surface area contributed by atoms with Crippen LogP contribution in [0.15, 0.2) is 11.6 Å². The molecule has 0 spiro atoms. The molecule has 0 aromatic rings.